The highest BCUT2D eigenvalue weighted by atomic mass is 16.5. The van der Waals surface area contributed by atoms with E-state index in [0.717, 1.165) is 32.1 Å². The van der Waals surface area contributed by atoms with Gasteiger partial charge in [0.1, 0.15) is 5.75 Å². The van der Waals surface area contributed by atoms with Crippen LogP contribution in [-0.4, -0.2) is 29.9 Å². The lowest BCUT2D eigenvalue weighted by molar-refractivity contribution is -0.162. The maximum absolute atomic E-state index is 13.4. The van der Waals surface area contributed by atoms with Crippen LogP contribution in [0.5, 0.6) is 5.75 Å². The van der Waals surface area contributed by atoms with Gasteiger partial charge in [-0.15, -0.1) is 0 Å². The fourth-order valence-corrected chi connectivity index (χ4v) is 8.75. The summed E-state index contributed by atoms with van der Waals surface area (Å²) in [5.41, 5.74) is 1.59. The molecule has 1 amide bonds. The van der Waals surface area contributed by atoms with Crippen LogP contribution in [0.4, 0.5) is 0 Å². The van der Waals surface area contributed by atoms with Crippen molar-refractivity contribution in [2.75, 3.05) is 7.05 Å². The lowest BCUT2D eigenvalue weighted by Crippen LogP contribution is -2.61. The van der Waals surface area contributed by atoms with E-state index in [9.17, 15) is 9.59 Å². The van der Waals surface area contributed by atoms with E-state index in [1.807, 2.05) is 19.2 Å². The van der Waals surface area contributed by atoms with Gasteiger partial charge in [0.25, 0.3) is 0 Å². The first kappa shape index (κ1) is 23.9. The highest BCUT2D eigenvalue weighted by molar-refractivity contribution is 5.78. The normalized spacial score (nSPS) is 39.8. The third kappa shape index (κ3) is 3.62. The summed E-state index contributed by atoms with van der Waals surface area (Å²) in [5.74, 6) is 2.87. The van der Waals surface area contributed by atoms with Crippen LogP contribution in [0.15, 0.2) is 24.3 Å². The first-order valence-corrected chi connectivity index (χ1v) is 13.5. The van der Waals surface area contributed by atoms with E-state index in [-0.39, 0.29) is 28.1 Å². The van der Waals surface area contributed by atoms with Crippen molar-refractivity contribution in [2.45, 2.75) is 97.4 Å². The van der Waals surface area contributed by atoms with Gasteiger partial charge in [0.2, 0.25) is 5.91 Å². The second-order valence-corrected chi connectivity index (χ2v) is 13.4. The molecule has 1 heterocycles. The van der Waals surface area contributed by atoms with Crippen molar-refractivity contribution in [2.24, 2.45) is 34.5 Å². The van der Waals surface area contributed by atoms with E-state index in [1.165, 1.54) is 18.4 Å². The van der Waals surface area contributed by atoms with Crippen LogP contribution in [-0.2, 0) is 15.0 Å². The summed E-state index contributed by atoms with van der Waals surface area (Å²) in [6.07, 6.45) is 8.38. The Morgan fingerprint density at radius 1 is 0.941 bits per heavy atom. The third-order valence-corrected chi connectivity index (χ3v) is 10.8. The second kappa shape index (κ2) is 8.10. The molecular formula is C30H43NO3. The molecule has 1 aromatic rings. The summed E-state index contributed by atoms with van der Waals surface area (Å²) < 4.78 is 5.96. The highest BCUT2D eigenvalue weighted by Gasteiger charge is 2.62. The number of benzene rings is 1. The minimum Gasteiger partial charge on any atom is -0.426 e. The number of fused-ring (bicyclic) bond motifs is 5. The fraction of sp³-hybridized carbons (Fsp3) is 0.733. The number of carbonyl (C=O) groups excluding carboxylic acids is 2. The predicted octanol–water partition coefficient (Wildman–Crippen LogP) is 6.37. The Hall–Kier alpha value is -1.84. The van der Waals surface area contributed by atoms with Gasteiger partial charge in [-0.3, -0.25) is 9.59 Å². The number of likely N-dealkylation sites (tertiary alicyclic amines) is 1. The molecule has 3 aliphatic carbocycles. The number of amides is 1. The number of carbonyl (C=O) groups is 2. The van der Waals surface area contributed by atoms with Gasteiger partial charge in [0, 0.05) is 19.5 Å². The van der Waals surface area contributed by atoms with Crippen molar-refractivity contribution in [3.8, 4) is 5.75 Å². The molecule has 0 unspecified atom stereocenters. The fourth-order valence-electron chi connectivity index (χ4n) is 8.75. The minimum atomic E-state index is -0.0325. The average Bonchev–Trinajstić information content (AvgIpc) is 3.14. The molecule has 5 rings (SSSR count). The second-order valence-electron chi connectivity index (χ2n) is 13.4. The van der Waals surface area contributed by atoms with Crippen LogP contribution in [0.25, 0.3) is 0 Å². The Morgan fingerprint density at radius 3 is 2.29 bits per heavy atom. The van der Waals surface area contributed by atoms with E-state index in [0.29, 0.717) is 41.9 Å². The zero-order valence-corrected chi connectivity index (χ0v) is 22.0. The molecule has 0 bridgehead atoms. The molecule has 0 spiro atoms. The van der Waals surface area contributed by atoms with Gasteiger partial charge >= 0.3 is 5.97 Å². The molecule has 1 aliphatic heterocycles. The average molecular weight is 466 g/mol. The summed E-state index contributed by atoms with van der Waals surface area (Å²) in [4.78, 5) is 27.9. The van der Waals surface area contributed by atoms with E-state index in [2.05, 4.69) is 51.7 Å². The van der Waals surface area contributed by atoms with Crippen LogP contribution in [0.1, 0.15) is 91.5 Å². The number of nitrogens with zero attached hydrogens (tertiary/aromatic N) is 1. The number of piperidine rings is 1. The van der Waals surface area contributed by atoms with E-state index >= 15 is 0 Å². The Bertz CT molecular complexity index is 962. The number of esters is 1. The Morgan fingerprint density at radius 2 is 1.62 bits per heavy atom. The van der Waals surface area contributed by atoms with E-state index in [1.54, 1.807) is 0 Å². The Labute approximate surface area is 205 Å². The van der Waals surface area contributed by atoms with Crippen LogP contribution in [0.2, 0.25) is 0 Å². The Kier molecular flexibility index (Phi) is 5.69. The molecule has 0 aromatic heterocycles. The van der Waals surface area contributed by atoms with E-state index < -0.39 is 0 Å². The lowest BCUT2D eigenvalue weighted by Gasteiger charge is -2.61. The smallest absolute Gasteiger partial charge is 0.314 e. The molecule has 4 aliphatic rings. The first-order chi connectivity index (χ1) is 15.9. The molecule has 0 radical (unpaired) electrons. The Balaban J connectivity index is 1.32. The van der Waals surface area contributed by atoms with Gasteiger partial charge in [-0.25, -0.2) is 0 Å². The predicted molar refractivity (Wildman–Crippen MR) is 134 cm³/mol. The van der Waals surface area contributed by atoms with Crippen LogP contribution in [0, 0.1) is 34.5 Å². The maximum atomic E-state index is 13.4. The van der Waals surface area contributed by atoms with Crippen LogP contribution < -0.4 is 4.74 Å². The SMILES string of the molecule is CN1C(=O)CC[C@]2(C)[C@H]3CC[C@]4(C)[C@@H](C(=O)Oc5ccc(C(C)(C)C)cc5)CC[C@H]4[C@@H]3CC[C@@H]12. The summed E-state index contributed by atoms with van der Waals surface area (Å²) >= 11 is 0. The molecule has 34 heavy (non-hydrogen) atoms. The summed E-state index contributed by atoms with van der Waals surface area (Å²) in [7, 11) is 2.02. The molecule has 0 N–H and O–H groups in total. The zero-order valence-electron chi connectivity index (χ0n) is 22.0. The molecule has 4 fully saturated rings. The number of ether oxygens (including phenoxy) is 1. The van der Waals surface area contributed by atoms with Crippen molar-refractivity contribution in [1.82, 2.24) is 4.90 Å². The molecule has 1 saturated heterocycles. The topological polar surface area (TPSA) is 46.6 Å². The lowest BCUT2D eigenvalue weighted by atomic mass is 9.47. The number of hydrogen-bond acceptors (Lipinski definition) is 3. The molecule has 186 valence electrons. The minimum absolute atomic E-state index is 0.0121. The van der Waals surface area contributed by atoms with Gasteiger partial charge in [-0.1, -0.05) is 46.8 Å². The van der Waals surface area contributed by atoms with Gasteiger partial charge in [-0.2, -0.15) is 0 Å². The summed E-state index contributed by atoms with van der Waals surface area (Å²) in [5, 5.41) is 0. The molecule has 4 heteroatoms. The maximum Gasteiger partial charge on any atom is 0.314 e. The van der Waals surface area contributed by atoms with Crippen LogP contribution >= 0.6 is 0 Å². The molecule has 4 nitrogen and oxygen atoms in total. The monoisotopic (exact) mass is 465 g/mol. The molecular weight excluding hydrogens is 422 g/mol. The van der Waals surface area contributed by atoms with Crippen LogP contribution in [0.3, 0.4) is 0 Å². The first-order valence-electron chi connectivity index (χ1n) is 13.5. The molecule has 7 atom stereocenters. The van der Waals surface area contributed by atoms with Crippen molar-refractivity contribution < 1.29 is 14.3 Å². The van der Waals surface area contributed by atoms with Gasteiger partial charge in [0.05, 0.1) is 5.92 Å². The van der Waals surface area contributed by atoms with Gasteiger partial charge in [-0.05, 0) is 96.6 Å². The number of hydrogen-bond donors (Lipinski definition) is 0. The molecule has 3 saturated carbocycles. The van der Waals surface area contributed by atoms with Crippen molar-refractivity contribution in [1.29, 1.82) is 0 Å². The summed E-state index contributed by atoms with van der Waals surface area (Å²) in [6, 6.07) is 8.45. The van der Waals surface area contributed by atoms with Gasteiger partial charge in [0.15, 0.2) is 0 Å². The molecule has 1 aromatic carbocycles. The van der Waals surface area contributed by atoms with Gasteiger partial charge < -0.3 is 9.64 Å². The number of rotatable bonds is 2. The van der Waals surface area contributed by atoms with Crippen molar-refractivity contribution in [3.63, 3.8) is 0 Å². The standard InChI is InChI=1S/C30H43NO3/c1-28(2,3)19-7-9-20(10-8-19)34-27(33)24-13-12-22-21-11-14-25-30(5,18-16-26(32)31(25)6)23(21)15-17-29(22,24)4/h7-10,21-25H,11-18H2,1-6H3/t21-,22-,23-,24+,25+,29-,30+/m0/s1. The van der Waals surface area contributed by atoms with Crippen molar-refractivity contribution in [3.05, 3.63) is 29.8 Å². The highest BCUT2D eigenvalue weighted by Crippen LogP contribution is 2.66. The largest absolute Gasteiger partial charge is 0.426 e. The zero-order chi connectivity index (χ0) is 24.5. The quantitative estimate of drug-likeness (QED) is 0.377. The van der Waals surface area contributed by atoms with Crippen molar-refractivity contribution >= 4 is 11.9 Å². The summed E-state index contributed by atoms with van der Waals surface area (Å²) in [6.45, 7) is 11.4. The third-order valence-electron chi connectivity index (χ3n) is 10.8. The van der Waals surface area contributed by atoms with E-state index in [4.69, 9.17) is 4.74 Å².